The van der Waals surface area contributed by atoms with Crippen molar-refractivity contribution >= 4 is 0 Å². The minimum Gasteiger partial charge on any atom is -0.387 e. The monoisotopic (exact) mass is 604 g/mol. The Morgan fingerprint density at radius 2 is 0.455 bits per heavy atom. The van der Waals surface area contributed by atoms with Gasteiger partial charge in [0.25, 0.3) is 0 Å². The van der Waals surface area contributed by atoms with Crippen LogP contribution in [0.3, 0.4) is 0 Å². The maximum atomic E-state index is 9.47. The summed E-state index contributed by atoms with van der Waals surface area (Å²) in [4.78, 5) is 0. The van der Waals surface area contributed by atoms with Crippen LogP contribution in [-0.4, -0.2) is 44.6 Å². The van der Waals surface area contributed by atoms with Crippen molar-refractivity contribution in [1.29, 1.82) is 0 Å². The Kier molecular flexibility index (Phi) is 18.7. The molecule has 4 rings (SSSR count). The lowest BCUT2D eigenvalue weighted by Gasteiger charge is -2.13. The van der Waals surface area contributed by atoms with Crippen molar-refractivity contribution < 1.29 is 20.4 Å². The van der Waals surface area contributed by atoms with Gasteiger partial charge in [-0.05, 0) is 49.9 Å². The number of benzene rings is 4. The number of rotatable bonds is 8. The lowest BCUT2D eigenvalue weighted by Crippen LogP contribution is -2.24. The first-order chi connectivity index (χ1) is 20.9. The van der Waals surface area contributed by atoms with Crippen LogP contribution in [0.4, 0.5) is 0 Å². The predicted octanol–water partition coefficient (Wildman–Crippen LogP) is 4.27. The van der Waals surface area contributed by atoms with Gasteiger partial charge in [0.2, 0.25) is 0 Å². The Morgan fingerprint density at radius 1 is 0.318 bits per heavy atom. The molecule has 0 aliphatic rings. The van der Waals surface area contributed by atoms with Crippen LogP contribution in [0.1, 0.15) is 74.4 Å². The van der Waals surface area contributed by atoms with Gasteiger partial charge >= 0.3 is 0 Å². The third-order valence-corrected chi connectivity index (χ3v) is 6.56. The van der Waals surface area contributed by atoms with Gasteiger partial charge in [0.1, 0.15) is 0 Å². The summed E-state index contributed by atoms with van der Waals surface area (Å²) < 4.78 is 0. The third kappa shape index (κ3) is 14.8. The van der Waals surface area contributed by atoms with Crippen LogP contribution in [0.5, 0.6) is 0 Å². The van der Waals surface area contributed by atoms with Gasteiger partial charge in [-0.25, -0.2) is 0 Å². The van der Waals surface area contributed by atoms with Crippen LogP contribution >= 0.6 is 0 Å². The molecule has 0 spiro atoms. The van der Waals surface area contributed by atoms with Crippen molar-refractivity contribution in [3.63, 3.8) is 0 Å². The van der Waals surface area contributed by atoms with E-state index in [0.717, 1.165) is 22.3 Å². The molecule has 8 atom stereocenters. The number of hydrogen-bond acceptors (Lipinski definition) is 8. The van der Waals surface area contributed by atoms with Gasteiger partial charge in [-0.1, -0.05) is 121 Å². The lowest BCUT2D eigenvalue weighted by atomic mass is 10.0. The van der Waals surface area contributed by atoms with Gasteiger partial charge in [0.15, 0.2) is 0 Å². The normalized spacial score (nSPS) is 15.9. The highest BCUT2D eigenvalue weighted by Crippen LogP contribution is 2.16. The van der Waals surface area contributed by atoms with E-state index in [1.165, 1.54) is 0 Å². The minimum atomic E-state index is -0.545. The van der Waals surface area contributed by atoms with Crippen LogP contribution in [-0.2, 0) is 0 Å². The molecule has 240 valence electrons. The van der Waals surface area contributed by atoms with Crippen LogP contribution in [0.25, 0.3) is 0 Å². The molecule has 0 aliphatic heterocycles. The second-order valence-corrected chi connectivity index (χ2v) is 10.9. The van der Waals surface area contributed by atoms with E-state index in [0.29, 0.717) is 0 Å². The molecule has 4 aromatic carbocycles. The second-order valence-electron chi connectivity index (χ2n) is 10.9. The topological polar surface area (TPSA) is 185 Å². The fraction of sp³-hybridized carbons (Fsp3) is 0.333. The molecule has 0 aromatic heterocycles. The van der Waals surface area contributed by atoms with Crippen molar-refractivity contribution in [3.05, 3.63) is 144 Å². The summed E-state index contributed by atoms with van der Waals surface area (Å²) in [7, 11) is 0. The lowest BCUT2D eigenvalue weighted by molar-refractivity contribution is 0.153. The first kappa shape index (κ1) is 38.6. The number of aliphatic hydroxyl groups is 4. The van der Waals surface area contributed by atoms with Crippen LogP contribution in [0.2, 0.25) is 0 Å². The molecule has 8 nitrogen and oxygen atoms in total. The van der Waals surface area contributed by atoms with Crippen molar-refractivity contribution in [3.8, 4) is 0 Å². The van der Waals surface area contributed by atoms with Crippen LogP contribution in [0.15, 0.2) is 121 Å². The Labute approximate surface area is 263 Å². The fourth-order valence-electron chi connectivity index (χ4n) is 3.82. The summed E-state index contributed by atoms with van der Waals surface area (Å²) in [6.07, 6.45) is -2.18. The molecule has 12 N–H and O–H groups in total. The average molecular weight is 605 g/mol. The van der Waals surface area contributed by atoms with Crippen LogP contribution < -0.4 is 22.9 Å². The molecule has 4 aromatic rings. The molecule has 0 saturated heterocycles. The molecule has 0 fully saturated rings. The summed E-state index contributed by atoms with van der Waals surface area (Å²) in [5, 5.41) is 37.9. The summed E-state index contributed by atoms with van der Waals surface area (Å²) in [5.41, 5.74) is 25.6. The van der Waals surface area contributed by atoms with E-state index < -0.39 is 24.4 Å². The van der Waals surface area contributed by atoms with Gasteiger partial charge in [-0.3, -0.25) is 0 Å². The van der Waals surface area contributed by atoms with Crippen molar-refractivity contribution in [1.82, 2.24) is 0 Å². The maximum Gasteiger partial charge on any atom is 0.0938 e. The van der Waals surface area contributed by atoms with Gasteiger partial charge in [0, 0.05) is 24.2 Å². The second kappa shape index (κ2) is 21.3. The maximum absolute atomic E-state index is 9.47. The largest absolute Gasteiger partial charge is 0.387 e. The van der Waals surface area contributed by atoms with Crippen molar-refractivity contribution in [2.24, 2.45) is 22.9 Å². The summed E-state index contributed by atoms with van der Waals surface area (Å²) >= 11 is 0. The molecule has 0 radical (unpaired) electrons. The third-order valence-electron chi connectivity index (χ3n) is 6.56. The summed E-state index contributed by atoms with van der Waals surface area (Å²) in [6, 6.07) is 36.9. The highest BCUT2D eigenvalue weighted by molar-refractivity contribution is 5.20. The first-order valence-electron chi connectivity index (χ1n) is 14.8. The van der Waals surface area contributed by atoms with E-state index in [-0.39, 0.29) is 24.2 Å². The molecule has 0 saturated carbocycles. The summed E-state index contributed by atoms with van der Waals surface area (Å²) in [6.45, 7) is 7.16. The zero-order valence-corrected chi connectivity index (χ0v) is 26.3. The van der Waals surface area contributed by atoms with E-state index >= 15 is 0 Å². The molecule has 44 heavy (non-hydrogen) atoms. The number of nitrogens with two attached hydrogens (primary N) is 4. The van der Waals surface area contributed by atoms with Crippen LogP contribution in [0, 0.1) is 0 Å². The molecular weight excluding hydrogens is 552 g/mol. The van der Waals surface area contributed by atoms with E-state index in [9.17, 15) is 20.4 Å². The highest BCUT2D eigenvalue weighted by atomic mass is 16.3. The quantitative estimate of drug-likeness (QED) is 0.147. The van der Waals surface area contributed by atoms with Crippen molar-refractivity contribution in [2.75, 3.05) is 0 Å². The van der Waals surface area contributed by atoms with E-state index in [2.05, 4.69) is 0 Å². The van der Waals surface area contributed by atoms with Gasteiger partial charge < -0.3 is 43.4 Å². The Morgan fingerprint density at radius 3 is 0.568 bits per heavy atom. The molecular formula is C36H52N4O4. The Bertz CT molecular complexity index is 1030. The number of hydrogen-bond donors (Lipinski definition) is 8. The predicted molar refractivity (Wildman–Crippen MR) is 180 cm³/mol. The first-order valence-corrected chi connectivity index (χ1v) is 14.8. The molecule has 0 aliphatic carbocycles. The molecule has 8 heteroatoms. The zero-order chi connectivity index (χ0) is 33.1. The van der Waals surface area contributed by atoms with Gasteiger partial charge in [-0.15, -0.1) is 0 Å². The smallest absolute Gasteiger partial charge is 0.0938 e. The zero-order valence-electron chi connectivity index (χ0n) is 26.3. The SMILES string of the molecule is CC(N)C(O)c1ccccc1.CC(N)C(O)c1ccccc1.CC(N)C(O)c1ccccc1.CC(N)C(O)c1ccccc1. The molecule has 0 amide bonds. The van der Waals surface area contributed by atoms with E-state index in [4.69, 9.17) is 22.9 Å². The Balaban J connectivity index is 0.000000293. The van der Waals surface area contributed by atoms with Gasteiger partial charge in [-0.2, -0.15) is 0 Å². The average Bonchev–Trinajstić information content (AvgIpc) is 3.05. The summed E-state index contributed by atoms with van der Waals surface area (Å²) in [5.74, 6) is 0. The van der Waals surface area contributed by atoms with Gasteiger partial charge in [0.05, 0.1) is 24.4 Å². The van der Waals surface area contributed by atoms with E-state index in [1.807, 2.05) is 121 Å². The highest BCUT2D eigenvalue weighted by Gasteiger charge is 2.12. The molecule has 0 heterocycles. The minimum absolute atomic E-state index is 0.211. The molecule has 8 unspecified atom stereocenters. The van der Waals surface area contributed by atoms with E-state index in [1.54, 1.807) is 27.7 Å². The standard InChI is InChI=1S/4C9H13NO/c4*1-7(10)9(11)8-5-3-2-4-6-8/h4*2-7,9,11H,10H2,1H3. The Hall–Kier alpha value is -3.44. The number of aliphatic hydroxyl groups excluding tert-OH is 4. The fourth-order valence-corrected chi connectivity index (χ4v) is 3.82. The molecule has 0 bridgehead atoms. The van der Waals surface area contributed by atoms with Crippen molar-refractivity contribution in [2.45, 2.75) is 76.3 Å².